The van der Waals surface area contributed by atoms with E-state index in [1.165, 1.54) is 0 Å². The lowest BCUT2D eigenvalue weighted by Crippen LogP contribution is -2.27. The first-order chi connectivity index (χ1) is 4.61. The second kappa shape index (κ2) is 2.40. The minimum Gasteiger partial charge on any atom is -0.465 e. The van der Waals surface area contributed by atoms with Crippen molar-refractivity contribution < 1.29 is 18.7 Å². The molecule has 1 aliphatic heterocycles. The average molecular weight is 151 g/mol. The van der Waals surface area contributed by atoms with E-state index in [1.807, 2.05) is 0 Å². The molecular formula is C5H7F2NO2. The highest BCUT2D eigenvalue weighted by atomic mass is 19.2. The average Bonchev–Trinajstić information content (AvgIpc) is 2.13. The first-order valence-corrected chi connectivity index (χ1v) is 2.87. The Morgan fingerprint density at radius 1 is 1.40 bits per heavy atom. The number of hydrogen-bond acceptors (Lipinski definition) is 1. The first-order valence-electron chi connectivity index (χ1n) is 2.87. The highest BCUT2D eigenvalue weighted by Crippen LogP contribution is 2.15. The van der Waals surface area contributed by atoms with Crippen LogP contribution in [0.3, 0.4) is 0 Å². The molecule has 2 atom stereocenters. The fourth-order valence-corrected chi connectivity index (χ4v) is 0.881. The summed E-state index contributed by atoms with van der Waals surface area (Å²) in [5.74, 6) is 0. The molecule has 1 N–H and O–H groups in total. The lowest BCUT2D eigenvalue weighted by atomic mass is 10.3. The van der Waals surface area contributed by atoms with Gasteiger partial charge in [-0.25, -0.2) is 13.6 Å². The van der Waals surface area contributed by atoms with Crippen molar-refractivity contribution in [1.82, 2.24) is 4.90 Å². The number of likely N-dealkylation sites (tertiary alicyclic amines) is 1. The van der Waals surface area contributed by atoms with Gasteiger partial charge in [-0.05, 0) is 0 Å². The molecule has 2 unspecified atom stereocenters. The second-order valence-electron chi connectivity index (χ2n) is 2.22. The van der Waals surface area contributed by atoms with Crippen LogP contribution in [0.2, 0.25) is 0 Å². The Labute approximate surface area is 56.2 Å². The monoisotopic (exact) mass is 151 g/mol. The summed E-state index contributed by atoms with van der Waals surface area (Å²) >= 11 is 0. The standard InChI is InChI=1S/C5H7F2NO2/c6-3-1-8(5(9)10)2-4(3)7/h3-4H,1-2H2,(H,9,10). The molecule has 1 aliphatic rings. The van der Waals surface area contributed by atoms with E-state index < -0.39 is 18.4 Å². The molecular weight excluding hydrogens is 144 g/mol. The molecule has 1 rings (SSSR count). The van der Waals surface area contributed by atoms with Gasteiger partial charge in [0.25, 0.3) is 0 Å². The third kappa shape index (κ3) is 1.17. The summed E-state index contributed by atoms with van der Waals surface area (Å²) in [5.41, 5.74) is 0. The third-order valence-corrected chi connectivity index (χ3v) is 1.45. The number of rotatable bonds is 0. The van der Waals surface area contributed by atoms with Crippen molar-refractivity contribution in [2.24, 2.45) is 0 Å². The Hall–Kier alpha value is -0.870. The van der Waals surface area contributed by atoms with Gasteiger partial charge in [0.2, 0.25) is 0 Å². The van der Waals surface area contributed by atoms with Crippen LogP contribution in [-0.2, 0) is 0 Å². The van der Waals surface area contributed by atoms with E-state index >= 15 is 0 Å². The van der Waals surface area contributed by atoms with Gasteiger partial charge in [-0.3, -0.25) is 0 Å². The maximum absolute atomic E-state index is 12.2. The fourth-order valence-electron chi connectivity index (χ4n) is 0.881. The predicted octanol–water partition coefficient (Wildman–Crippen LogP) is 0.656. The first kappa shape index (κ1) is 7.24. The molecule has 0 aliphatic carbocycles. The Bertz CT molecular complexity index is 143. The van der Waals surface area contributed by atoms with Gasteiger partial charge in [0.05, 0.1) is 13.1 Å². The number of nitrogens with zero attached hydrogens (tertiary/aromatic N) is 1. The Morgan fingerprint density at radius 2 is 1.80 bits per heavy atom. The van der Waals surface area contributed by atoms with Gasteiger partial charge >= 0.3 is 6.09 Å². The Morgan fingerprint density at radius 3 is 2.00 bits per heavy atom. The number of alkyl halides is 2. The lowest BCUT2D eigenvalue weighted by molar-refractivity contribution is 0.151. The molecule has 5 heteroatoms. The molecule has 0 aromatic heterocycles. The van der Waals surface area contributed by atoms with Crippen LogP contribution in [0.25, 0.3) is 0 Å². The summed E-state index contributed by atoms with van der Waals surface area (Å²) in [5, 5.41) is 8.24. The SMILES string of the molecule is O=C(O)N1CC(F)C(F)C1. The van der Waals surface area contributed by atoms with Crippen LogP contribution in [-0.4, -0.2) is 41.5 Å². The van der Waals surface area contributed by atoms with E-state index in [-0.39, 0.29) is 13.1 Å². The van der Waals surface area contributed by atoms with E-state index in [1.54, 1.807) is 0 Å². The van der Waals surface area contributed by atoms with Gasteiger partial charge in [0.15, 0.2) is 12.3 Å². The van der Waals surface area contributed by atoms with E-state index in [0.29, 0.717) is 0 Å². The molecule has 1 saturated heterocycles. The molecule has 0 spiro atoms. The predicted molar refractivity (Wildman–Crippen MR) is 29.4 cm³/mol. The highest BCUT2D eigenvalue weighted by Gasteiger charge is 2.35. The Balaban J connectivity index is 2.49. The van der Waals surface area contributed by atoms with Gasteiger partial charge in [-0.1, -0.05) is 0 Å². The smallest absolute Gasteiger partial charge is 0.407 e. The number of hydrogen-bond donors (Lipinski definition) is 1. The molecule has 0 aromatic carbocycles. The van der Waals surface area contributed by atoms with Crippen LogP contribution in [0, 0.1) is 0 Å². The number of amides is 1. The molecule has 3 nitrogen and oxygen atoms in total. The van der Waals surface area contributed by atoms with Crippen molar-refractivity contribution in [3.05, 3.63) is 0 Å². The van der Waals surface area contributed by atoms with Gasteiger partial charge < -0.3 is 10.0 Å². The minimum absolute atomic E-state index is 0.337. The van der Waals surface area contributed by atoms with E-state index in [9.17, 15) is 13.6 Å². The molecule has 1 fully saturated rings. The summed E-state index contributed by atoms with van der Waals surface area (Å²) in [7, 11) is 0. The highest BCUT2D eigenvalue weighted by molar-refractivity contribution is 5.65. The zero-order chi connectivity index (χ0) is 7.72. The van der Waals surface area contributed by atoms with Gasteiger partial charge in [0, 0.05) is 0 Å². The van der Waals surface area contributed by atoms with Crippen molar-refractivity contribution in [1.29, 1.82) is 0 Å². The normalized spacial score (nSPS) is 32.8. The van der Waals surface area contributed by atoms with Crippen LogP contribution in [0.1, 0.15) is 0 Å². The Kier molecular flexibility index (Phi) is 1.74. The molecule has 10 heavy (non-hydrogen) atoms. The molecule has 0 aromatic rings. The summed E-state index contributed by atoms with van der Waals surface area (Å²) in [6.07, 6.45) is -4.55. The molecule has 1 heterocycles. The minimum atomic E-state index is -1.64. The van der Waals surface area contributed by atoms with Crippen molar-refractivity contribution in [2.45, 2.75) is 12.3 Å². The van der Waals surface area contributed by atoms with Crippen molar-refractivity contribution >= 4 is 6.09 Å². The van der Waals surface area contributed by atoms with Crippen LogP contribution in [0.4, 0.5) is 13.6 Å². The van der Waals surface area contributed by atoms with Crippen LogP contribution >= 0.6 is 0 Å². The van der Waals surface area contributed by atoms with Gasteiger partial charge in [0.1, 0.15) is 0 Å². The van der Waals surface area contributed by atoms with Crippen molar-refractivity contribution in [2.75, 3.05) is 13.1 Å². The van der Waals surface area contributed by atoms with Crippen molar-refractivity contribution in [3.63, 3.8) is 0 Å². The quantitative estimate of drug-likeness (QED) is 0.552. The molecule has 58 valence electrons. The second-order valence-corrected chi connectivity index (χ2v) is 2.22. The molecule has 0 radical (unpaired) electrons. The zero-order valence-electron chi connectivity index (χ0n) is 5.13. The maximum Gasteiger partial charge on any atom is 0.407 e. The summed E-state index contributed by atoms with van der Waals surface area (Å²) in [6.45, 7) is -0.674. The number of carbonyl (C=O) groups is 1. The number of halogens is 2. The largest absolute Gasteiger partial charge is 0.465 e. The number of carboxylic acid groups (broad SMARTS) is 1. The molecule has 1 amide bonds. The zero-order valence-corrected chi connectivity index (χ0v) is 5.13. The topological polar surface area (TPSA) is 40.5 Å². The van der Waals surface area contributed by atoms with Crippen LogP contribution in [0.5, 0.6) is 0 Å². The van der Waals surface area contributed by atoms with E-state index in [4.69, 9.17) is 5.11 Å². The van der Waals surface area contributed by atoms with Crippen LogP contribution in [0.15, 0.2) is 0 Å². The molecule has 0 bridgehead atoms. The van der Waals surface area contributed by atoms with Crippen LogP contribution < -0.4 is 0 Å². The summed E-state index contributed by atoms with van der Waals surface area (Å²) in [6, 6.07) is 0. The van der Waals surface area contributed by atoms with Gasteiger partial charge in [-0.2, -0.15) is 0 Å². The van der Waals surface area contributed by atoms with E-state index in [0.717, 1.165) is 4.90 Å². The summed E-state index contributed by atoms with van der Waals surface area (Å²) < 4.78 is 24.5. The third-order valence-electron chi connectivity index (χ3n) is 1.45. The van der Waals surface area contributed by atoms with Gasteiger partial charge in [-0.15, -0.1) is 0 Å². The lowest BCUT2D eigenvalue weighted by Gasteiger charge is -2.07. The van der Waals surface area contributed by atoms with E-state index in [2.05, 4.69) is 0 Å². The molecule has 0 saturated carbocycles. The fraction of sp³-hybridized carbons (Fsp3) is 0.800. The summed E-state index contributed by atoms with van der Waals surface area (Å²) in [4.78, 5) is 10.8. The maximum atomic E-state index is 12.2. The van der Waals surface area contributed by atoms with Crippen molar-refractivity contribution in [3.8, 4) is 0 Å².